The van der Waals surface area contributed by atoms with Gasteiger partial charge in [0.1, 0.15) is 0 Å². The number of anilines is 3. The molecule has 1 aromatic heterocycles. The van der Waals surface area contributed by atoms with Crippen LogP contribution in [0.2, 0.25) is 0 Å². The Kier molecular flexibility index (Phi) is 8.13. The number of methoxy groups -OCH3 is 1. The molecular weight excluding hydrogens is 532 g/mol. The first-order valence-electron chi connectivity index (χ1n) is 11.0. The molecule has 0 spiro atoms. The molecule has 1 fully saturated rings. The first-order valence-corrected chi connectivity index (χ1v) is 11.8. The van der Waals surface area contributed by atoms with E-state index in [-0.39, 0.29) is 6.01 Å². The van der Waals surface area contributed by atoms with E-state index in [1.54, 1.807) is 18.2 Å². The van der Waals surface area contributed by atoms with Gasteiger partial charge in [0.15, 0.2) is 11.5 Å². The second-order valence-electron chi connectivity index (χ2n) is 7.70. The Morgan fingerprint density at radius 2 is 1.97 bits per heavy atom. The number of benzene rings is 2. The highest BCUT2D eigenvalue weighted by Crippen LogP contribution is 2.32. The molecule has 0 radical (unpaired) electrons. The van der Waals surface area contributed by atoms with E-state index in [1.165, 1.54) is 13.3 Å². The molecule has 1 saturated heterocycles. The number of carbonyl (C=O) groups excluding carboxylic acids is 1. The number of hydrogen-bond donors (Lipinski definition) is 3. The number of amides is 2. The number of aryl methyl sites for hydroxylation is 1. The van der Waals surface area contributed by atoms with E-state index in [2.05, 4.69) is 46.7 Å². The summed E-state index contributed by atoms with van der Waals surface area (Å²) in [6.45, 7) is 4.46. The van der Waals surface area contributed by atoms with E-state index in [1.807, 2.05) is 30.0 Å². The van der Waals surface area contributed by atoms with Gasteiger partial charge in [0.2, 0.25) is 11.9 Å². The van der Waals surface area contributed by atoms with Gasteiger partial charge < -0.3 is 30.2 Å². The Labute approximate surface area is 216 Å². The van der Waals surface area contributed by atoms with E-state index in [4.69, 9.17) is 19.9 Å². The molecule has 13 heteroatoms. The zero-order valence-electron chi connectivity index (χ0n) is 19.7. The molecule has 3 aromatic rings. The van der Waals surface area contributed by atoms with E-state index in [0.717, 1.165) is 15.7 Å². The molecule has 0 atom stereocenters. The quantitative estimate of drug-likeness (QED) is 0.280. The monoisotopic (exact) mass is 556 g/mol. The maximum absolute atomic E-state index is 10.8. The standard InChI is InChI=1S/C23H25BrN8O4/c1-14-3-5-17(16(24)11-14)27-21-28-22(32-7-9-35-10-8-32)30-23(29-21)36-18-6-4-15(12-19(18)34-2)13-26-31-20(25)33/h3-6,11-13H,7-10H2,1-2H3,(H3,25,31,33)(H,27,28,29,30). The maximum Gasteiger partial charge on any atom is 0.332 e. The van der Waals surface area contributed by atoms with Crippen molar-refractivity contribution in [2.45, 2.75) is 6.92 Å². The molecule has 12 nitrogen and oxygen atoms in total. The summed E-state index contributed by atoms with van der Waals surface area (Å²) in [6.07, 6.45) is 1.43. The first-order chi connectivity index (χ1) is 17.4. The Balaban J connectivity index is 1.63. The van der Waals surface area contributed by atoms with Crippen molar-refractivity contribution < 1.29 is 19.0 Å². The number of aromatic nitrogens is 3. The van der Waals surface area contributed by atoms with Gasteiger partial charge in [-0.3, -0.25) is 0 Å². The van der Waals surface area contributed by atoms with Gasteiger partial charge in [-0.15, -0.1) is 0 Å². The molecule has 188 valence electrons. The van der Waals surface area contributed by atoms with E-state index in [0.29, 0.717) is 55.3 Å². The van der Waals surface area contributed by atoms with E-state index in [9.17, 15) is 4.79 Å². The van der Waals surface area contributed by atoms with Crippen LogP contribution in [-0.4, -0.2) is 60.6 Å². The average Bonchev–Trinajstić information content (AvgIpc) is 2.87. The molecule has 0 bridgehead atoms. The van der Waals surface area contributed by atoms with Crippen molar-refractivity contribution in [3.8, 4) is 17.5 Å². The summed E-state index contributed by atoms with van der Waals surface area (Å²) < 4.78 is 17.8. The number of hydrogen-bond acceptors (Lipinski definition) is 10. The maximum atomic E-state index is 10.8. The number of nitrogens with zero attached hydrogens (tertiary/aromatic N) is 5. The fraction of sp³-hybridized carbons (Fsp3) is 0.261. The molecule has 36 heavy (non-hydrogen) atoms. The van der Waals surface area contributed by atoms with Crippen molar-refractivity contribution in [2.24, 2.45) is 10.8 Å². The van der Waals surface area contributed by atoms with Gasteiger partial charge in [-0.2, -0.15) is 20.1 Å². The Bertz CT molecular complexity index is 1270. The average molecular weight is 557 g/mol. The molecular formula is C23H25BrN8O4. The van der Waals surface area contributed by atoms with Crippen LogP contribution in [-0.2, 0) is 4.74 Å². The lowest BCUT2D eigenvalue weighted by molar-refractivity contribution is 0.122. The van der Waals surface area contributed by atoms with E-state index < -0.39 is 6.03 Å². The zero-order chi connectivity index (χ0) is 25.5. The van der Waals surface area contributed by atoms with Crippen LogP contribution >= 0.6 is 15.9 Å². The van der Waals surface area contributed by atoms with Crippen molar-refractivity contribution in [2.75, 3.05) is 43.6 Å². The van der Waals surface area contributed by atoms with Crippen LogP contribution in [0.15, 0.2) is 46.0 Å². The summed E-state index contributed by atoms with van der Waals surface area (Å²) in [5.74, 6) is 1.60. The third-order valence-corrected chi connectivity index (χ3v) is 5.70. The second-order valence-corrected chi connectivity index (χ2v) is 8.55. The number of halogens is 1. The van der Waals surface area contributed by atoms with Crippen molar-refractivity contribution >= 4 is 45.8 Å². The predicted octanol–water partition coefficient (Wildman–Crippen LogP) is 3.33. The van der Waals surface area contributed by atoms with Gasteiger partial charge in [0.25, 0.3) is 0 Å². The van der Waals surface area contributed by atoms with Gasteiger partial charge in [-0.25, -0.2) is 10.2 Å². The fourth-order valence-electron chi connectivity index (χ4n) is 3.31. The molecule has 4 N–H and O–H groups in total. The number of ether oxygens (including phenoxy) is 3. The minimum absolute atomic E-state index is 0.0901. The molecule has 0 saturated carbocycles. The van der Waals surface area contributed by atoms with Crippen LogP contribution in [0.3, 0.4) is 0 Å². The molecule has 0 aliphatic carbocycles. The Morgan fingerprint density at radius 3 is 2.69 bits per heavy atom. The smallest absolute Gasteiger partial charge is 0.332 e. The molecule has 2 heterocycles. The van der Waals surface area contributed by atoms with Crippen LogP contribution in [0.25, 0.3) is 0 Å². The lowest BCUT2D eigenvalue weighted by Gasteiger charge is -2.27. The molecule has 1 aliphatic heterocycles. The number of morpholine rings is 1. The number of urea groups is 1. The minimum atomic E-state index is -0.758. The van der Waals surface area contributed by atoms with Gasteiger partial charge in [-0.1, -0.05) is 6.07 Å². The van der Waals surface area contributed by atoms with Crippen molar-refractivity contribution in [3.63, 3.8) is 0 Å². The zero-order valence-corrected chi connectivity index (χ0v) is 21.3. The molecule has 2 aromatic carbocycles. The van der Waals surface area contributed by atoms with Crippen LogP contribution in [0.4, 0.5) is 22.4 Å². The van der Waals surface area contributed by atoms with Crippen molar-refractivity contribution in [1.29, 1.82) is 0 Å². The van der Waals surface area contributed by atoms with Gasteiger partial charge >= 0.3 is 12.0 Å². The van der Waals surface area contributed by atoms with Crippen LogP contribution in [0.1, 0.15) is 11.1 Å². The number of carbonyl (C=O) groups is 1. The number of nitrogens with two attached hydrogens (primary N) is 1. The van der Waals surface area contributed by atoms with Crippen LogP contribution < -0.4 is 30.8 Å². The SMILES string of the molecule is COc1cc(C=NNC(N)=O)ccc1Oc1nc(Nc2ccc(C)cc2Br)nc(N2CCOCC2)n1. The summed E-state index contributed by atoms with van der Waals surface area (Å²) in [5.41, 5.74) is 9.74. The second kappa shape index (κ2) is 11.6. The topological polar surface area (TPSA) is 149 Å². The summed E-state index contributed by atoms with van der Waals surface area (Å²) in [6, 6.07) is 10.4. The highest BCUT2D eigenvalue weighted by Gasteiger charge is 2.19. The molecule has 4 rings (SSSR count). The van der Waals surface area contributed by atoms with Gasteiger partial charge in [0.05, 0.1) is 32.2 Å². The van der Waals surface area contributed by atoms with Crippen LogP contribution in [0, 0.1) is 6.92 Å². The normalized spacial score (nSPS) is 13.5. The largest absolute Gasteiger partial charge is 0.493 e. The fourth-order valence-corrected chi connectivity index (χ4v) is 3.90. The lowest BCUT2D eigenvalue weighted by atomic mass is 10.2. The van der Waals surface area contributed by atoms with Crippen LogP contribution in [0.5, 0.6) is 17.5 Å². The minimum Gasteiger partial charge on any atom is -0.493 e. The number of rotatable bonds is 8. The van der Waals surface area contributed by atoms with Crippen molar-refractivity contribution in [1.82, 2.24) is 20.4 Å². The number of nitrogens with one attached hydrogen (secondary N) is 2. The number of hydrazone groups is 1. The number of primary amides is 1. The first kappa shape index (κ1) is 25.1. The van der Waals surface area contributed by atoms with Gasteiger partial charge in [0, 0.05) is 17.6 Å². The van der Waals surface area contributed by atoms with Gasteiger partial charge in [-0.05, 0) is 64.3 Å². The molecule has 1 aliphatic rings. The molecule has 2 amide bonds. The van der Waals surface area contributed by atoms with E-state index >= 15 is 0 Å². The molecule has 0 unspecified atom stereocenters. The predicted molar refractivity (Wildman–Crippen MR) is 138 cm³/mol. The lowest BCUT2D eigenvalue weighted by Crippen LogP contribution is -2.37. The summed E-state index contributed by atoms with van der Waals surface area (Å²) >= 11 is 3.57. The Morgan fingerprint density at radius 1 is 1.17 bits per heavy atom. The highest BCUT2D eigenvalue weighted by molar-refractivity contribution is 9.10. The third kappa shape index (κ3) is 6.58. The summed E-state index contributed by atoms with van der Waals surface area (Å²) in [4.78, 5) is 26.4. The summed E-state index contributed by atoms with van der Waals surface area (Å²) in [7, 11) is 1.51. The summed E-state index contributed by atoms with van der Waals surface area (Å²) in [5, 5.41) is 6.99. The highest BCUT2D eigenvalue weighted by atomic mass is 79.9. The Hall–Kier alpha value is -3.97. The van der Waals surface area contributed by atoms with Crippen molar-refractivity contribution in [3.05, 3.63) is 52.0 Å². The third-order valence-electron chi connectivity index (χ3n) is 5.05.